The predicted octanol–water partition coefficient (Wildman–Crippen LogP) is 8.40. The van der Waals surface area contributed by atoms with E-state index in [0.29, 0.717) is 35.5 Å². The van der Waals surface area contributed by atoms with Gasteiger partial charge in [-0.3, -0.25) is 0 Å². The van der Waals surface area contributed by atoms with Crippen molar-refractivity contribution in [3.63, 3.8) is 0 Å². The summed E-state index contributed by atoms with van der Waals surface area (Å²) in [6, 6.07) is 0. The molecular weight excluding hydrogens is 419 g/mol. The van der Waals surface area contributed by atoms with E-state index in [9.17, 15) is 0 Å². The van der Waals surface area contributed by atoms with Crippen molar-refractivity contribution < 1.29 is 14.0 Å². The highest BCUT2D eigenvalue weighted by atomic mass is 16.7. The van der Waals surface area contributed by atoms with Crippen LogP contribution >= 0.6 is 0 Å². The van der Waals surface area contributed by atoms with Gasteiger partial charge in [0, 0.05) is 18.3 Å². The van der Waals surface area contributed by atoms with E-state index in [0.717, 1.165) is 37.0 Å². The van der Waals surface area contributed by atoms with Crippen molar-refractivity contribution in [1.29, 1.82) is 0 Å². The van der Waals surface area contributed by atoms with Gasteiger partial charge in [-0.1, -0.05) is 81.6 Å². The van der Waals surface area contributed by atoms with Crippen molar-refractivity contribution in [2.24, 2.45) is 53.3 Å². The van der Waals surface area contributed by atoms with Crippen LogP contribution in [0.2, 0.25) is 0 Å². The Labute approximate surface area is 213 Å². The average molecular weight is 477 g/mol. The molecule has 0 aliphatic heterocycles. The molecule has 3 aliphatic rings. The fourth-order valence-corrected chi connectivity index (χ4v) is 7.34. The molecule has 3 saturated carbocycles. The fourth-order valence-electron chi connectivity index (χ4n) is 7.34. The highest BCUT2D eigenvalue weighted by molar-refractivity contribution is 6.36. The molecule has 4 heteroatoms. The van der Waals surface area contributed by atoms with Crippen molar-refractivity contribution in [2.45, 2.75) is 138 Å². The Kier molecular flexibility index (Phi) is 10.9. The molecule has 9 atom stereocenters. The minimum Gasteiger partial charge on any atom is -0.383 e. The largest absolute Gasteiger partial charge is 0.640 e. The summed E-state index contributed by atoms with van der Waals surface area (Å²) in [4.78, 5) is 0. The highest BCUT2D eigenvalue weighted by Crippen LogP contribution is 2.40. The zero-order chi connectivity index (χ0) is 25.0. The molecule has 0 heterocycles. The summed E-state index contributed by atoms with van der Waals surface area (Å²) in [5.74, 6) is 5.86. The van der Waals surface area contributed by atoms with Crippen LogP contribution in [-0.2, 0) is 14.0 Å². The van der Waals surface area contributed by atoms with Gasteiger partial charge in [-0.15, -0.1) is 0 Å². The van der Waals surface area contributed by atoms with Crippen LogP contribution in [0.25, 0.3) is 0 Å². The predicted molar refractivity (Wildman–Crippen MR) is 144 cm³/mol. The molecule has 0 radical (unpaired) electrons. The van der Waals surface area contributed by atoms with Crippen molar-refractivity contribution in [2.75, 3.05) is 0 Å². The first-order valence-electron chi connectivity index (χ1n) is 15.0. The van der Waals surface area contributed by atoms with Crippen molar-refractivity contribution in [3.8, 4) is 0 Å². The Morgan fingerprint density at radius 1 is 0.471 bits per heavy atom. The maximum Gasteiger partial charge on any atom is 0.640 e. The lowest BCUT2D eigenvalue weighted by Gasteiger charge is -2.43. The number of hydrogen-bond donors (Lipinski definition) is 0. The molecule has 0 bridgehead atoms. The third kappa shape index (κ3) is 7.72. The van der Waals surface area contributed by atoms with Gasteiger partial charge in [0.2, 0.25) is 0 Å². The molecule has 0 spiro atoms. The summed E-state index contributed by atoms with van der Waals surface area (Å²) in [7, 11) is -0.523. The van der Waals surface area contributed by atoms with Gasteiger partial charge in [0.25, 0.3) is 0 Å². The van der Waals surface area contributed by atoms with Crippen LogP contribution in [0.5, 0.6) is 0 Å². The molecule has 34 heavy (non-hydrogen) atoms. The molecule has 0 N–H and O–H groups in total. The van der Waals surface area contributed by atoms with Crippen LogP contribution < -0.4 is 0 Å². The molecule has 198 valence electrons. The van der Waals surface area contributed by atoms with Crippen LogP contribution in [0, 0.1) is 53.3 Å². The third-order valence-corrected chi connectivity index (χ3v) is 9.74. The van der Waals surface area contributed by atoms with Crippen LogP contribution in [0.4, 0.5) is 0 Å². The van der Waals surface area contributed by atoms with Gasteiger partial charge in [-0.25, -0.2) is 0 Å². The normalized spacial score (nSPS) is 39.7. The quantitative estimate of drug-likeness (QED) is 0.313. The summed E-state index contributed by atoms with van der Waals surface area (Å²) in [5, 5.41) is 0. The van der Waals surface area contributed by atoms with Crippen LogP contribution in [0.1, 0.15) is 120 Å². The molecular formula is C30H57BO3. The van der Waals surface area contributed by atoms with Gasteiger partial charge in [0.15, 0.2) is 0 Å². The Morgan fingerprint density at radius 3 is 0.971 bits per heavy atom. The second kappa shape index (κ2) is 13.0. The fraction of sp³-hybridized carbons (Fsp3) is 1.00. The standard InChI is InChI=1S/C30H57BO3/c1-19(2)25-13-10-22(7)16-28(25)32-31(33-29-17-23(8)11-14-26(29)20(3)4)34-30-18-24(9)12-15-27(30)21(5)6/h19-30H,10-18H2,1-9H3/t22-,23-,24-,25-,26-,27-,28-,29-,30-/m0/s1. The molecule has 0 unspecified atom stereocenters. The monoisotopic (exact) mass is 476 g/mol. The van der Waals surface area contributed by atoms with E-state index < -0.39 is 7.32 Å². The van der Waals surface area contributed by atoms with Gasteiger partial charge in [-0.05, 0) is 91.8 Å². The molecule has 3 aliphatic carbocycles. The lowest BCUT2D eigenvalue weighted by Crippen LogP contribution is -2.48. The molecule has 0 aromatic heterocycles. The third-order valence-electron chi connectivity index (χ3n) is 9.74. The maximum absolute atomic E-state index is 6.92. The van der Waals surface area contributed by atoms with Gasteiger partial charge < -0.3 is 14.0 Å². The molecule has 0 amide bonds. The molecule has 3 rings (SSSR count). The molecule has 0 aromatic carbocycles. The minimum absolute atomic E-state index is 0.241. The van der Waals surface area contributed by atoms with Gasteiger partial charge in [0.1, 0.15) is 0 Å². The summed E-state index contributed by atoms with van der Waals surface area (Å²) >= 11 is 0. The summed E-state index contributed by atoms with van der Waals surface area (Å²) < 4.78 is 20.8. The van der Waals surface area contributed by atoms with E-state index >= 15 is 0 Å². The van der Waals surface area contributed by atoms with Crippen LogP contribution in [-0.4, -0.2) is 25.6 Å². The van der Waals surface area contributed by atoms with Crippen molar-refractivity contribution in [3.05, 3.63) is 0 Å². The lowest BCUT2D eigenvalue weighted by molar-refractivity contribution is -0.0763. The van der Waals surface area contributed by atoms with Gasteiger partial charge in [-0.2, -0.15) is 0 Å². The first-order chi connectivity index (χ1) is 16.0. The van der Waals surface area contributed by atoms with Crippen LogP contribution in [0.15, 0.2) is 0 Å². The average Bonchev–Trinajstić information content (AvgIpc) is 2.73. The molecule has 3 nitrogen and oxygen atoms in total. The van der Waals surface area contributed by atoms with E-state index in [1.165, 1.54) is 38.5 Å². The highest BCUT2D eigenvalue weighted by Gasteiger charge is 2.43. The topological polar surface area (TPSA) is 27.7 Å². The van der Waals surface area contributed by atoms with Crippen molar-refractivity contribution in [1.82, 2.24) is 0 Å². The van der Waals surface area contributed by atoms with E-state index in [-0.39, 0.29) is 18.3 Å². The summed E-state index contributed by atoms with van der Waals surface area (Å²) in [6.45, 7) is 21.3. The van der Waals surface area contributed by atoms with E-state index in [2.05, 4.69) is 62.3 Å². The second-order valence-corrected chi connectivity index (χ2v) is 13.8. The first kappa shape index (κ1) is 28.5. The Hall–Kier alpha value is -0.0551. The SMILES string of the molecule is CC(C)[C@@H]1CC[C@H](C)C[C@@H]1OB(O[C@H]1C[C@@H](C)CC[C@H]1C(C)C)O[C@H]1C[C@@H](C)CC[C@H]1C(C)C. The molecule has 3 fully saturated rings. The zero-order valence-electron chi connectivity index (χ0n) is 24.1. The number of rotatable bonds is 9. The summed E-state index contributed by atoms with van der Waals surface area (Å²) in [5.41, 5.74) is 0. The Bertz CT molecular complexity index is 513. The summed E-state index contributed by atoms with van der Waals surface area (Å²) in [6.07, 6.45) is 11.9. The van der Waals surface area contributed by atoms with E-state index in [1.54, 1.807) is 0 Å². The minimum atomic E-state index is -0.523. The van der Waals surface area contributed by atoms with Gasteiger partial charge in [0.05, 0.1) is 0 Å². The zero-order valence-corrected chi connectivity index (χ0v) is 24.1. The Morgan fingerprint density at radius 2 is 0.735 bits per heavy atom. The van der Waals surface area contributed by atoms with Crippen molar-refractivity contribution >= 4 is 7.32 Å². The molecule has 0 saturated heterocycles. The molecule has 0 aromatic rings. The van der Waals surface area contributed by atoms with E-state index in [1.807, 2.05) is 0 Å². The van der Waals surface area contributed by atoms with Crippen LogP contribution in [0.3, 0.4) is 0 Å². The first-order valence-corrected chi connectivity index (χ1v) is 15.0. The second-order valence-electron chi connectivity index (χ2n) is 13.8. The number of hydrogen-bond acceptors (Lipinski definition) is 3. The van der Waals surface area contributed by atoms with E-state index in [4.69, 9.17) is 14.0 Å². The Balaban J connectivity index is 1.81. The maximum atomic E-state index is 6.92. The smallest absolute Gasteiger partial charge is 0.383 e. The van der Waals surface area contributed by atoms with Gasteiger partial charge >= 0.3 is 7.32 Å². The lowest BCUT2D eigenvalue weighted by atomic mass is 9.74.